The van der Waals surface area contributed by atoms with Crippen molar-refractivity contribution < 1.29 is 14.3 Å². The van der Waals surface area contributed by atoms with Crippen molar-refractivity contribution in [2.45, 2.75) is 26.7 Å². The highest BCUT2D eigenvalue weighted by molar-refractivity contribution is 6.24. The Hall–Kier alpha value is -3.01. The number of rotatable bonds is 3. The first-order valence-electron chi connectivity index (χ1n) is 9.20. The quantitative estimate of drug-likeness (QED) is 0.766. The summed E-state index contributed by atoms with van der Waals surface area (Å²) in [5, 5.41) is 0. The van der Waals surface area contributed by atoms with Crippen molar-refractivity contribution >= 4 is 23.2 Å². The van der Waals surface area contributed by atoms with E-state index in [0.717, 1.165) is 16.7 Å². The molecule has 27 heavy (non-hydrogen) atoms. The zero-order valence-electron chi connectivity index (χ0n) is 15.7. The van der Waals surface area contributed by atoms with E-state index in [-0.39, 0.29) is 11.8 Å². The smallest absolute Gasteiger partial charge is 0.315 e. The van der Waals surface area contributed by atoms with Gasteiger partial charge in [0.05, 0.1) is 12.3 Å². The van der Waals surface area contributed by atoms with E-state index in [4.69, 9.17) is 9.73 Å². The number of aryl methyl sites for hydroxylation is 1. The normalized spacial score (nSPS) is 20.9. The molecule has 1 unspecified atom stereocenters. The number of allylic oxidation sites excluding steroid dienone is 1. The second-order valence-corrected chi connectivity index (χ2v) is 6.95. The average molecular weight is 359 g/mol. The van der Waals surface area contributed by atoms with Crippen LogP contribution in [0.3, 0.4) is 0 Å². The molecular formula is C23H21NO3. The monoisotopic (exact) mass is 359 g/mol. The maximum Gasteiger partial charge on any atom is 0.315 e. The standard InChI is InChI=1S/C23H21NO3/c1-4-27-23(26)18-14(3)24-21-16-11-7-8-12-17(16)22(25)20(21)19(18)15-10-6-5-9-13(15)2/h5-12,18-19H,4H2,1-3H3/t18?,19-/m0/s1. The fourth-order valence-electron chi connectivity index (χ4n) is 4.16. The molecule has 0 amide bonds. The molecule has 136 valence electrons. The van der Waals surface area contributed by atoms with Crippen molar-refractivity contribution in [1.29, 1.82) is 0 Å². The number of fused-ring (bicyclic) bond motifs is 2. The van der Waals surface area contributed by atoms with Crippen LogP contribution in [0, 0.1) is 12.8 Å². The third-order valence-electron chi connectivity index (χ3n) is 5.37. The van der Waals surface area contributed by atoms with Crippen LogP contribution in [0.2, 0.25) is 0 Å². The summed E-state index contributed by atoms with van der Waals surface area (Å²) in [5.74, 6) is -1.36. The molecule has 2 aromatic rings. The van der Waals surface area contributed by atoms with Crippen molar-refractivity contribution in [3.63, 3.8) is 0 Å². The van der Waals surface area contributed by atoms with Crippen LogP contribution in [0.15, 0.2) is 59.1 Å². The number of nitrogens with zero attached hydrogens (tertiary/aromatic N) is 1. The molecule has 1 aliphatic heterocycles. The number of carbonyl (C=O) groups excluding carboxylic acids is 2. The molecule has 0 aromatic heterocycles. The van der Waals surface area contributed by atoms with Crippen LogP contribution in [0.5, 0.6) is 0 Å². The van der Waals surface area contributed by atoms with Gasteiger partial charge < -0.3 is 4.74 Å². The van der Waals surface area contributed by atoms with E-state index >= 15 is 0 Å². The summed E-state index contributed by atoms with van der Waals surface area (Å²) in [6.07, 6.45) is 0. The molecular weight excluding hydrogens is 338 g/mol. The number of hydrogen-bond acceptors (Lipinski definition) is 4. The summed E-state index contributed by atoms with van der Waals surface area (Å²) in [6, 6.07) is 15.4. The number of Topliss-reactive ketones (excluding diaryl/α,β-unsaturated/α-hetero) is 1. The lowest BCUT2D eigenvalue weighted by Gasteiger charge is -2.31. The topological polar surface area (TPSA) is 55.7 Å². The summed E-state index contributed by atoms with van der Waals surface area (Å²) in [4.78, 5) is 30.8. The molecule has 0 radical (unpaired) electrons. The van der Waals surface area contributed by atoms with E-state index in [1.807, 2.05) is 62.4 Å². The van der Waals surface area contributed by atoms with E-state index in [0.29, 0.717) is 29.2 Å². The highest BCUT2D eigenvalue weighted by atomic mass is 16.5. The van der Waals surface area contributed by atoms with Crippen LogP contribution in [-0.4, -0.2) is 24.1 Å². The Kier molecular flexibility index (Phi) is 4.27. The van der Waals surface area contributed by atoms with E-state index in [9.17, 15) is 9.59 Å². The molecule has 2 aliphatic rings. The molecule has 0 fully saturated rings. The summed E-state index contributed by atoms with van der Waals surface area (Å²) in [6.45, 7) is 5.94. The molecule has 0 spiro atoms. The number of ether oxygens (including phenoxy) is 1. The number of ketones is 1. The molecule has 4 rings (SSSR count). The molecule has 2 aromatic carbocycles. The Morgan fingerprint density at radius 1 is 1.04 bits per heavy atom. The van der Waals surface area contributed by atoms with Crippen LogP contribution < -0.4 is 0 Å². The number of esters is 1. The molecule has 0 bridgehead atoms. The van der Waals surface area contributed by atoms with Crippen molar-refractivity contribution in [2.24, 2.45) is 10.9 Å². The van der Waals surface area contributed by atoms with Gasteiger partial charge in [0.2, 0.25) is 0 Å². The lowest BCUT2D eigenvalue weighted by molar-refractivity contribution is -0.145. The second-order valence-electron chi connectivity index (χ2n) is 6.95. The first-order valence-corrected chi connectivity index (χ1v) is 9.20. The molecule has 4 heteroatoms. The Labute approximate surface area is 158 Å². The summed E-state index contributed by atoms with van der Waals surface area (Å²) >= 11 is 0. The Bertz CT molecular complexity index is 1020. The van der Waals surface area contributed by atoms with Gasteiger partial charge in [0.25, 0.3) is 0 Å². The predicted molar refractivity (Wildman–Crippen MR) is 105 cm³/mol. The highest BCUT2D eigenvalue weighted by Gasteiger charge is 2.46. The van der Waals surface area contributed by atoms with E-state index in [1.165, 1.54) is 0 Å². The zero-order chi connectivity index (χ0) is 19.1. The Balaban J connectivity index is 1.96. The van der Waals surface area contributed by atoms with Crippen molar-refractivity contribution in [3.8, 4) is 0 Å². The third-order valence-corrected chi connectivity index (χ3v) is 5.37. The van der Waals surface area contributed by atoms with Crippen molar-refractivity contribution in [2.75, 3.05) is 6.61 Å². The van der Waals surface area contributed by atoms with Gasteiger partial charge in [-0.15, -0.1) is 0 Å². The molecule has 1 aliphatic carbocycles. The summed E-state index contributed by atoms with van der Waals surface area (Å²) < 4.78 is 5.35. The van der Waals surface area contributed by atoms with Crippen LogP contribution in [0.25, 0.3) is 5.70 Å². The molecule has 0 N–H and O–H groups in total. The second kappa shape index (κ2) is 6.62. The SMILES string of the molecule is CCOC(=O)C1C(C)=NC2=C(C(=O)c3ccccc32)[C@H]1c1ccccc1C. The van der Waals surface area contributed by atoms with Crippen LogP contribution in [0.1, 0.15) is 46.8 Å². The number of hydrogen-bond donors (Lipinski definition) is 0. The fourth-order valence-corrected chi connectivity index (χ4v) is 4.16. The van der Waals surface area contributed by atoms with Gasteiger partial charge >= 0.3 is 5.97 Å². The minimum Gasteiger partial charge on any atom is -0.465 e. The Morgan fingerprint density at radius 3 is 2.41 bits per heavy atom. The lowest BCUT2D eigenvalue weighted by Crippen LogP contribution is -2.35. The molecule has 0 saturated heterocycles. The van der Waals surface area contributed by atoms with Crippen LogP contribution in [0.4, 0.5) is 0 Å². The van der Waals surface area contributed by atoms with E-state index in [2.05, 4.69) is 0 Å². The van der Waals surface area contributed by atoms with Gasteiger partial charge in [0.1, 0.15) is 5.92 Å². The molecule has 4 nitrogen and oxygen atoms in total. The number of carbonyl (C=O) groups is 2. The lowest BCUT2D eigenvalue weighted by atomic mass is 9.74. The Morgan fingerprint density at radius 2 is 1.70 bits per heavy atom. The van der Waals surface area contributed by atoms with Gasteiger partial charge in [0, 0.05) is 28.3 Å². The van der Waals surface area contributed by atoms with Crippen LogP contribution in [-0.2, 0) is 9.53 Å². The average Bonchev–Trinajstić information content (AvgIpc) is 2.94. The van der Waals surface area contributed by atoms with Gasteiger partial charge in [0.15, 0.2) is 5.78 Å². The van der Waals surface area contributed by atoms with Gasteiger partial charge in [-0.05, 0) is 31.9 Å². The van der Waals surface area contributed by atoms with Crippen LogP contribution >= 0.6 is 0 Å². The summed E-state index contributed by atoms with van der Waals surface area (Å²) in [7, 11) is 0. The third kappa shape index (κ3) is 2.64. The van der Waals surface area contributed by atoms with Gasteiger partial charge in [-0.3, -0.25) is 14.6 Å². The first-order chi connectivity index (χ1) is 13.0. The van der Waals surface area contributed by atoms with Gasteiger partial charge in [-0.25, -0.2) is 0 Å². The summed E-state index contributed by atoms with van der Waals surface area (Å²) in [5.41, 5.74) is 5.50. The molecule has 0 saturated carbocycles. The van der Waals surface area contributed by atoms with Gasteiger partial charge in [-0.2, -0.15) is 0 Å². The zero-order valence-corrected chi connectivity index (χ0v) is 15.7. The first kappa shape index (κ1) is 17.4. The number of benzene rings is 2. The van der Waals surface area contributed by atoms with E-state index in [1.54, 1.807) is 6.92 Å². The minimum absolute atomic E-state index is 0.0422. The number of aliphatic imine (C=N–C) groups is 1. The minimum atomic E-state index is -0.594. The maximum atomic E-state index is 13.3. The van der Waals surface area contributed by atoms with Crippen molar-refractivity contribution in [3.05, 3.63) is 76.4 Å². The predicted octanol–water partition coefficient (Wildman–Crippen LogP) is 4.34. The van der Waals surface area contributed by atoms with E-state index < -0.39 is 11.8 Å². The largest absolute Gasteiger partial charge is 0.465 e. The van der Waals surface area contributed by atoms with Crippen molar-refractivity contribution in [1.82, 2.24) is 0 Å². The maximum absolute atomic E-state index is 13.3. The molecule has 1 heterocycles. The fraction of sp³-hybridized carbons (Fsp3) is 0.261. The highest BCUT2D eigenvalue weighted by Crippen LogP contribution is 2.48. The molecule has 2 atom stereocenters. The van der Waals surface area contributed by atoms with Gasteiger partial charge in [-0.1, -0.05) is 48.5 Å².